The van der Waals surface area contributed by atoms with Crippen molar-refractivity contribution in [2.24, 2.45) is 7.05 Å². The smallest absolute Gasteiger partial charge is 0.215 e. The van der Waals surface area contributed by atoms with E-state index >= 15 is 0 Å². The number of anilines is 2. The summed E-state index contributed by atoms with van der Waals surface area (Å²) in [6.07, 6.45) is 3.10. The molecule has 0 fully saturated rings. The van der Waals surface area contributed by atoms with E-state index in [2.05, 4.69) is 21.9 Å². The van der Waals surface area contributed by atoms with E-state index in [0.717, 1.165) is 24.5 Å². The molecule has 8 heteroatoms. The zero-order valence-electron chi connectivity index (χ0n) is 15.1. The topological polar surface area (TPSA) is 67.2 Å². The van der Waals surface area contributed by atoms with Gasteiger partial charge in [0.2, 0.25) is 12.4 Å². The molecule has 2 heterocycles. The molecular weight excluding hydrogens is 335 g/mol. The van der Waals surface area contributed by atoms with Crippen molar-refractivity contribution in [1.29, 1.82) is 0 Å². The molecule has 0 unspecified atom stereocenters. The van der Waals surface area contributed by atoms with Gasteiger partial charge in [-0.1, -0.05) is 19.1 Å². The van der Waals surface area contributed by atoms with Crippen LogP contribution in [0.4, 0.5) is 16.2 Å². The lowest BCUT2D eigenvalue weighted by Crippen LogP contribution is -2.23. The molecule has 0 aliphatic rings. The Morgan fingerprint density at radius 3 is 2.62 bits per heavy atom. The third kappa shape index (κ3) is 3.35. The molecule has 1 amide bonds. The minimum atomic E-state index is -0.314. The van der Waals surface area contributed by atoms with Crippen LogP contribution >= 0.6 is 0 Å². The molecule has 7 nitrogen and oxygen atoms in total. The van der Waals surface area contributed by atoms with Gasteiger partial charge >= 0.3 is 0 Å². The molecule has 0 N–H and O–H groups in total. The first-order valence-corrected chi connectivity index (χ1v) is 8.40. The summed E-state index contributed by atoms with van der Waals surface area (Å²) in [4.78, 5) is 28.4. The van der Waals surface area contributed by atoms with Crippen molar-refractivity contribution in [2.75, 3.05) is 23.4 Å². The van der Waals surface area contributed by atoms with Crippen molar-refractivity contribution in [3.8, 4) is 0 Å². The van der Waals surface area contributed by atoms with Crippen LogP contribution in [0.2, 0.25) is 0 Å². The maximum Gasteiger partial charge on any atom is 0.215 e. The fourth-order valence-electron chi connectivity index (χ4n) is 2.95. The Hall–Kier alpha value is -3.03. The van der Waals surface area contributed by atoms with Gasteiger partial charge in [0, 0.05) is 20.6 Å². The second-order valence-corrected chi connectivity index (χ2v) is 6.12. The molecule has 3 aromatic rings. The van der Waals surface area contributed by atoms with E-state index in [-0.39, 0.29) is 12.4 Å². The maximum atomic E-state index is 13.1. The predicted molar refractivity (Wildman–Crippen MR) is 98.5 cm³/mol. The molecule has 136 valence electrons. The highest BCUT2D eigenvalue weighted by Gasteiger charge is 2.20. The van der Waals surface area contributed by atoms with Gasteiger partial charge in [0.25, 0.3) is 0 Å². The van der Waals surface area contributed by atoms with Crippen LogP contribution in [0, 0.1) is 5.82 Å². The van der Waals surface area contributed by atoms with E-state index in [4.69, 9.17) is 0 Å². The first-order valence-electron chi connectivity index (χ1n) is 8.40. The van der Waals surface area contributed by atoms with Crippen LogP contribution in [0.5, 0.6) is 0 Å². The second kappa shape index (κ2) is 7.47. The number of nitrogens with zero attached hydrogens (tertiary/aromatic N) is 6. The van der Waals surface area contributed by atoms with Crippen molar-refractivity contribution in [3.63, 3.8) is 0 Å². The maximum absolute atomic E-state index is 13.1. The van der Waals surface area contributed by atoms with Gasteiger partial charge < -0.3 is 9.47 Å². The van der Waals surface area contributed by atoms with Crippen LogP contribution in [0.1, 0.15) is 18.9 Å². The molecule has 0 saturated heterocycles. The largest absolute Gasteiger partial charge is 0.345 e. The minimum absolute atomic E-state index is 0.279. The molecule has 26 heavy (non-hydrogen) atoms. The van der Waals surface area contributed by atoms with Gasteiger partial charge in [0.15, 0.2) is 11.5 Å². The monoisotopic (exact) mass is 356 g/mol. The molecule has 0 atom stereocenters. The standard InChI is InChI=1S/C18H21FN6O/c1-4-9-23(2)18-22-16-15(24(18)3)17(21-11-20-16)25(12-26)10-13-5-7-14(19)8-6-13/h5-8,11-12H,4,9-10H2,1-3H3. The fraction of sp³-hybridized carbons (Fsp3) is 0.333. The molecule has 0 saturated carbocycles. The summed E-state index contributed by atoms with van der Waals surface area (Å²) in [5, 5.41) is 0. The van der Waals surface area contributed by atoms with Gasteiger partial charge in [0.1, 0.15) is 17.7 Å². The number of aryl methyl sites for hydroxylation is 1. The van der Waals surface area contributed by atoms with Crippen LogP contribution in [-0.4, -0.2) is 39.5 Å². The minimum Gasteiger partial charge on any atom is -0.345 e. The molecule has 0 aliphatic carbocycles. The second-order valence-electron chi connectivity index (χ2n) is 6.12. The predicted octanol–water partition coefficient (Wildman–Crippen LogP) is 2.51. The van der Waals surface area contributed by atoms with E-state index in [0.29, 0.717) is 23.4 Å². The van der Waals surface area contributed by atoms with Crippen molar-refractivity contribution in [1.82, 2.24) is 19.5 Å². The highest BCUT2D eigenvalue weighted by Crippen LogP contribution is 2.27. The van der Waals surface area contributed by atoms with Crippen molar-refractivity contribution in [3.05, 3.63) is 42.0 Å². The quantitative estimate of drug-likeness (QED) is 0.609. The Labute approximate surface area is 151 Å². The SMILES string of the molecule is CCCN(C)c1nc2ncnc(N(C=O)Cc3ccc(F)cc3)c2n1C. The molecule has 0 bridgehead atoms. The van der Waals surface area contributed by atoms with Gasteiger partial charge in [-0.3, -0.25) is 9.69 Å². The Kier molecular flexibility index (Phi) is 5.11. The average molecular weight is 356 g/mol. The van der Waals surface area contributed by atoms with Crippen LogP contribution < -0.4 is 9.80 Å². The summed E-state index contributed by atoms with van der Waals surface area (Å²) in [7, 11) is 3.85. The van der Waals surface area contributed by atoms with Crippen LogP contribution in [0.15, 0.2) is 30.6 Å². The van der Waals surface area contributed by atoms with Gasteiger partial charge in [-0.15, -0.1) is 0 Å². The fourth-order valence-corrected chi connectivity index (χ4v) is 2.95. The van der Waals surface area contributed by atoms with Crippen LogP contribution in [0.25, 0.3) is 11.2 Å². The van der Waals surface area contributed by atoms with Crippen LogP contribution in [0.3, 0.4) is 0 Å². The summed E-state index contributed by atoms with van der Waals surface area (Å²) >= 11 is 0. The molecular formula is C18H21FN6O. The number of fused-ring (bicyclic) bond motifs is 1. The van der Waals surface area contributed by atoms with Crippen molar-refractivity contribution < 1.29 is 9.18 Å². The Morgan fingerprint density at radius 2 is 1.96 bits per heavy atom. The van der Waals surface area contributed by atoms with Crippen LogP contribution in [-0.2, 0) is 18.4 Å². The summed E-state index contributed by atoms with van der Waals surface area (Å²) in [5.41, 5.74) is 2.01. The number of halogens is 1. The van der Waals surface area contributed by atoms with E-state index < -0.39 is 0 Å². The normalized spacial score (nSPS) is 10.9. The van der Waals surface area contributed by atoms with Gasteiger partial charge in [-0.05, 0) is 24.1 Å². The zero-order chi connectivity index (χ0) is 18.7. The van der Waals surface area contributed by atoms with E-state index in [1.807, 2.05) is 23.6 Å². The van der Waals surface area contributed by atoms with E-state index in [9.17, 15) is 9.18 Å². The number of benzene rings is 1. The first kappa shape index (κ1) is 17.8. The van der Waals surface area contributed by atoms with E-state index in [1.165, 1.54) is 23.4 Å². The van der Waals surface area contributed by atoms with E-state index in [1.54, 1.807) is 12.1 Å². The lowest BCUT2D eigenvalue weighted by atomic mass is 10.2. The third-order valence-corrected chi connectivity index (χ3v) is 4.19. The zero-order valence-corrected chi connectivity index (χ0v) is 15.1. The number of amides is 1. The Balaban J connectivity index is 2.02. The molecule has 1 aromatic carbocycles. The number of aromatic nitrogens is 4. The third-order valence-electron chi connectivity index (χ3n) is 4.19. The highest BCUT2D eigenvalue weighted by atomic mass is 19.1. The molecule has 0 spiro atoms. The van der Waals surface area contributed by atoms with Gasteiger partial charge in [-0.2, -0.15) is 4.98 Å². The number of carbonyl (C=O) groups excluding carboxylic acids is 1. The summed E-state index contributed by atoms with van der Waals surface area (Å²) < 4.78 is 15.0. The summed E-state index contributed by atoms with van der Waals surface area (Å²) in [5.74, 6) is 0.919. The van der Waals surface area contributed by atoms with Gasteiger partial charge in [0.05, 0.1) is 6.54 Å². The summed E-state index contributed by atoms with van der Waals surface area (Å²) in [6, 6.07) is 6.04. The Bertz CT molecular complexity index is 908. The van der Waals surface area contributed by atoms with Crippen molar-refractivity contribution >= 4 is 29.3 Å². The summed E-state index contributed by atoms with van der Waals surface area (Å²) in [6.45, 7) is 3.23. The number of hydrogen-bond donors (Lipinski definition) is 0. The number of carbonyl (C=O) groups is 1. The average Bonchev–Trinajstić information content (AvgIpc) is 2.99. The molecule has 0 aliphatic heterocycles. The number of hydrogen-bond acceptors (Lipinski definition) is 5. The number of rotatable bonds is 7. The highest BCUT2D eigenvalue weighted by molar-refractivity contribution is 5.91. The first-order chi connectivity index (χ1) is 12.5. The molecule has 0 radical (unpaired) electrons. The lowest BCUT2D eigenvalue weighted by Gasteiger charge is -2.19. The van der Waals surface area contributed by atoms with Gasteiger partial charge in [-0.25, -0.2) is 14.4 Å². The lowest BCUT2D eigenvalue weighted by molar-refractivity contribution is -0.107. The molecule has 3 rings (SSSR count). The Morgan fingerprint density at radius 1 is 1.23 bits per heavy atom. The molecule has 2 aromatic heterocycles. The van der Waals surface area contributed by atoms with Crippen molar-refractivity contribution in [2.45, 2.75) is 19.9 Å². The number of imidazole rings is 1.